The Morgan fingerprint density at radius 1 is 0.868 bits per heavy atom. The SMILES string of the molecule is CCOc1cc(Nc2ncnc3sc(C)c(-c4ccccc4)c23)c(OCC)cc1NC(=O)c1ccccc1. The minimum Gasteiger partial charge on any atom is -0.492 e. The summed E-state index contributed by atoms with van der Waals surface area (Å²) in [7, 11) is 0. The maximum absolute atomic E-state index is 12.9. The van der Waals surface area contributed by atoms with Gasteiger partial charge in [0, 0.05) is 28.1 Å². The molecule has 0 fully saturated rings. The zero-order valence-corrected chi connectivity index (χ0v) is 22.3. The number of benzene rings is 3. The molecule has 0 aliphatic heterocycles. The van der Waals surface area contributed by atoms with E-state index in [1.165, 1.54) is 0 Å². The van der Waals surface area contributed by atoms with Crippen LogP contribution < -0.4 is 20.1 Å². The number of ether oxygens (including phenoxy) is 2. The summed E-state index contributed by atoms with van der Waals surface area (Å²) in [6.45, 7) is 6.80. The summed E-state index contributed by atoms with van der Waals surface area (Å²) in [5.41, 5.74) is 3.96. The summed E-state index contributed by atoms with van der Waals surface area (Å²) in [5, 5.41) is 7.39. The second-order valence-electron chi connectivity index (χ2n) is 8.46. The van der Waals surface area contributed by atoms with E-state index in [0.29, 0.717) is 47.5 Å². The maximum Gasteiger partial charge on any atom is 0.255 e. The van der Waals surface area contributed by atoms with Gasteiger partial charge in [0.2, 0.25) is 0 Å². The average molecular weight is 525 g/mol. The molecule has 3 aromatic carbocycles. The zero-order valence-electron chi connectivity index (χ0n) is 21.4. The van der Waals surface area contributed by atoms with Crippen molar-refractivity contribution in [1.29, 1.82) is 0 Å². The number of hydrogen-bond donors (Lipinski definition) is 2. The number of rotatable bonds is 9. The van der Waals surface area contributed by atoms with Crippen LogP contribution >= 0.6 is 11.3 Å². The highest BCUT2D eigenvalue weighted by molar-refractivity contribution is 7.19. The van der Waals surface area contributed by atoms with Crippen molar-refractivity contribution >= 4 is 44.7 Å². The first-order valence-electron chi connectivity index (χ1n) is 12.5. The third kappa shape index (κ3) is 5.17. The van der Waals surface area contributed by atoms with Crippen LogP contribution in [0.25, 0.3) is 21.3 Å². The molecule has 5 rings (SSSR count). The van der Waals surface area contributed by atoms with Crippen molar-refractivity contribution in [2.75, 3.05) is 23.8 Å². The summed E-state index contributed by atoms with van der Waals surface area (Å²) in [4.78, 5) is 24.1. The number of thiophene rings is 1. The molecule has 0 spiro atoms. The van der Waals surface area contributed by atoms with E-state index in [1.807, 2.05) is 56.3 Å². The lowest BCUT2D eigenvalue weighted by molar-refractivity contribution is 0.102. The molecule has 0 aliphatic carbocycles. The topological polar surface area (TPSA) is 85.4 Å². The van der Waals surface area contributed by atoms with E-state index >= 15 is 0 Å². The first-order valence-corrected chi connectivity index (χ1v) is 13.3. The number of anilines is 3. The minimum atomic E-state index is -0.228. The van der Waals surface area contributed by atoms with Gasteiger partial charge in [-0.1, -0.05) is 48.5 Å². The summed E-state index contributed by atoms with van der Waals surface area (Å²) < 4.78 is 11.9. The van der Waals surface area contributed by atoms with Gasteiger partial charge in [-0.3, -0.25) is 4.79 Å². The molecule has 2 N–H and O–H groups in total. The van der Waals surface area contributed by atoms with Crippen LogP contribution in [0.3, 0.4) is 0 Å². The van der Waals surface area contributed by atoms with Crippen molar-refractivity contribution in [3.05, 3.63) is 89.6 Å². The van der Waals surface area contributed by atoms with Gasteiger partial charge >= 0.3 is 0 Å². The summed E-state index contributed by atoms with van der Waals surface area (Å²) >= 11 is 1.64. The van der Waals surface area contributed by atoms with Gasteiger partial charge < -0.3 is 20.1 Å². The number of aromatic nitrogens is 2. The van der Waals surface area contributed by atoms with Crippen LogP contribution in [0.5, 0.6) is 11.5 Å². The summed E-state index contributed by atoms with van der Waals surface area (Å²) in [6.07, 6.45) is 1.56. The van der Waals surface area contributed by atoms with E-state index in [0.717, 1.165) is 26.2 Å². The lowest BCUT2D eigenvalue weighted by Gasteiger charge is -2.18. The molecule has 2 heterocycles. The number of amides is 1. The predicted molar refractivity (Wildman–Crippen MR) is 154 cm³/mol. The van der Waals surface area contributed by atoms with Crippen molar-refractivity contribution < 1.29 is 14.3 Å². The van der Waals surface area contributed by atoms with Crippen LogP contribution in [0.15, 0.2) is 79.1 Å². The van der Waals surface area contributed by atoms with E-state index in [9.17, 15) is 4.79 Å². The molecule has 0 saturated carbocycles. The molecule has 38 heavy (non-hydrogen) atoms. The lowest BCUT2D eigenvalue weighted by Crippen LogP contribution is -2.13. The van der Waals surface area contributed by atoms with Crippen LogP contribution in [-0.4, -0.2) is 29.1 Å². The molecule has 7 nitrogen and oxygen atoms in total. The van der Waals surface area contributed by atoms with Gasteiger partial charge in [-0.05, 0) is 38.5 Å². The molecular weight excluding hydrogens is 496 g/mol. The molecule has 8 heteroatoms. The lowest BCUT2D eigenvalue weighted by atomic mass is 10.0. The van der Waals surface area contributed by atoms with Crippen molar-refractivity contribution in [3.63, 3.8) is 0 Å². The highest BCUT2D eigenvalue weighted by atomic mass is 32.1. The fourth-order valence-corrected chi connectivity index (χ4v) is 5.32. The van der Waals surface area contributed by atoms with E-state index in [1.54, 1.807) is 35.9 Å². The van der Waals surface area contributed by atoms with Gasteiger partial charge in [-0.15, -0.1) is 11.3 Å². The van der Waals surface area contributed by atoms with Gasteiger partial charge in [-0.2, -0.15) is 0 Å². The summed E-state index contributed by atoms with van der Waals surface area (Å²) in [5.74, 6) is 1.54. The van der Waals surface area contributed by atoms with Gasteiger partial charge in [0.1, 0.15) is 28.5 Å². The largest absolute Gasteiger partial charge is 0.492 e. The molecule has 192 valence electrons. The molecule has 0 aliphatic rings. The number of fused-ring (bicyclic) bond motifs is 1. The number of nitrogens with zero attached hydrogens (tertiary/aromatic N) is 2. The second kappa shape index (κ2) is 11.3. The number of nitrogens with one attached hydrogen (secondary N) is 2. The number of aryl methyl sites for hydroxylation is 1. The van der Waals surface area contributed by atoms with Crippen LogP contribution in [-0.2, 0) is 0 Å². The Balaban J connectivity index is 1.58. The Bertz CT molecular complexity index is 1570. The molecule has 0 bridgehead atoms. The normalized spacial score (nSPS) is 10.8. The van der Waals surface area contributed by atoms with Crippen LogP contribution in [0, 0.1) is 6.92 Å². The monoisotopic (exact) mass is 524 g/mol. The fourth-order valence-electron chi connectivity index (χ4n) is 4.31. The molecule has 0 radical (unpaired) electrons. The number of hydrogen-bond acceptors (Lipinski definition) is 7. The van der Waals surface area contributed by atoms with Gasteiger partial charge in [0.25, 0.3) is 5.91 Å². The molecule has 2 aromatic heterocycles. The highest BCUT2D eigenvalue weighted by Crippen LogP contribution is 2.43. The van der Waals surface area contributed by atoms with Crippen molar-refractivity contribution in [1.82, 2.24) is 9.97 Å². The molecule has 0 saturated heterocycles. The number of carbonyl (C=O) groups excluding carboxylic acids is 1. The van der Waals surface area contributed by atoms with E-state index in [2.05, 4.69) is 39.7 Å². The predicted octanol–water partition coefficient (Wildman–Crippen LogP) is 7.46. The van der Waals surface area contributed by atoms with Crippen LogP contribution in [0.1, 0.15) is 29.1 Å². The third-order valence-corrected chi connectivity index (χ3v) is 6.96. The van der Waals surface area contributed by atoms with E-state index in [4.69, 9.17) is 9.47 Å². The Kier molecular flexibility index (Phi) is 7.51. The van der Waals surface area contributed by atoms with E-state index in [-0.39, 0.29) is 5.91 Å². The summed E-state index contributed by atoms with van der Waals surface area (Å²) in [6, 6.07) is 22.9. The molecule has 1 amide bonds. The quantitative estimate of drug-likeness (QED) is 0.208. The minimum absolute atomic E-state index is 0.228. The third-order valence-electron chi connectivity index (χ3n) is 5.95. The standard InChI is InChI=1S/C30H28N4O3S/c1-4-36-24-17-23(34-29(35)21-14-10-7-11-15-21)25(37-5-2)16-22(24)33-28-27-26(20-12-8-6-9-13-20)19(3)38-30(27)32-18-31-28/h6-18H,4-5H2,1-3H3,(H,34,35)(H,31,32,33). The highest BCUT2D eigenvalue weighted by Gasteiger charge is 2.20. The molecule has 0 unspecified atom stereocenters. The molecule has 5 aromatic rings. The Labute approximate surface area is 225 Å². The fraction of sp³-hybridized carbons (Fsp3) is 0.167. The smallest absolute Gasteiger partial charge is 0.255 e. The molecular formula is C30H28N4O3S. The first kappa shape index (κ1) is 25.2. The van der Waals surface area contributed by atoms with Crippen LogP contribution in [0.4, 0.5) is 17.2 Å². The number of carbonyl (C=O) groups is 1. The second-order valence-corrected chi connectivity index (χ2v) is 9.66. The molecule has 0 atom stereocenters. The van der Waals surface area contributed by atoms with Gasteiger partial charge in [0.05, 0.1) is 30.0 Å². The average Bonchev–Trinajstić information content (AvgIpc) is 3.28. The zero-order chi connectivity index (χ0) is 26.5. The van der Waals surface area contributed by atoms with Gasteiger partial charge in [-0.25, -0.2) is 9.97 Å². The van der Waals surface area contributed by atoms with E-state index < -0.39 is 0 Å². The van der Waals surface area contributed by atoms with Crippen LogP contribution in [0.2, 0.25) is 0 Å². The first-order chi connectivity index (χ1) is 18.6. The van der Waals surface area contributed by atoms with Crippen molar-refractivity contribution in [3.8, 4) is 22.6 Å². The van der Waals surface area contributed by atoms with Gasteiger partial charge in [0.15, 0.2) is 0 Å². The Morgan fingerprint density at radius 2 is 1.50 bits per heavy atom. The maximum atomic E-state index is 12.9. The Hall–Kier alpha value is -4.43. The van der Waals surface area contributed by atoms with Crippen molar-refractivity contribution in [2.24, 2.45) is 0 Å². The van der Waals surface area contributed by atoms with Crippen molar-refractivity contribution in [2.45, 2.75) is 20.8 Å². The Morgan fingerprint density at radius 3 is 2.18 bits per heavy atom.